The van der Waals surface area contributed by atoms with Crippen molar-refractivity contribution in [3.8, 4) is 5.75 Å². The van der Waals surface area contributed by atoms with E-state index in [0.717, 1.165) is 18.5 Å². The molecule has 0 bridgehead atoms. The molecule has 144 valence electrons. The molecular formula is C20H23ClN2O4. The molecule has 1 unspecified atom stereocenters. The maximum Gasteiger partial charge on any atom is 0.337 e. The summed E-state index contributed by atoms with van der Waals surface area (Å²) in [5.74, 6) is -0.112. The SMILES string of the molecule is COC(=O)c1ccc(OCc2ccccc2)c(NC(=O)C2CCNC2)c1.Cl. The third-order valence-electron chi connectivity index (χ3n) is 4.33. The van der Waals surface area contributed by atoms with Crippen LogP contribution in [0.5, 0.6) is 5.75 Å². The Morgan fingerprint density at radius 2 is 1.96 bits per heavy atom. The van der Waals surface area contributed by atoms with Crippen molar-refractivity contribution in [2.75, 3.05) is 25.5 Å². The van der Waals surface area contributed by atoms with Gasteiger partial charge in [-0.25, -0.2) is 4.79 Å². The van der Waals surface area contributed by atoms with E-state index in [1.54, 1.807) is 18.2 Å². The Balaban J connectivity index is 0.00000261. The zero-order chi connectivity index (χ0) is 18.4. The lowest BCUT2D eigenvalue weighted by Gasteiger charge is -2.15. The number of amides is 1. The van der Waals surface area contributed by atoms with E-state index in [2.05, 4.69) is 10.6 Å². The van der Waals surface area contributed by atoms with Crippen molar-refractivity contribution in [1.29, 1.82) is 0 Å². The minimum absolute atomic E-state index is 0. The second-order valence-corrected chi connectivity index (χ2v) is 6.16. The molecule has 6 nitrogen and oxygen atoms in total. The van der Waals surface area contributed by atoms with Crippen LogP contribution in [0.3, 0.4) is 0 Å². The Morgan fingerprint density at radius 1 is 1.19 bits per heavy atom. The molecule has 2 N–H and O–H groups in total. The molecule has 0 saturated carbocycles. The fourth-order valence-electron chi connectivity index (χ4n) is 2.85. The summed E-state index contributed by atoms with van der Waals surface area (Å²) in [7, 11) is 1.32. The lowest BCUT2D eigenvalue weighted by atomic mass is 10.1. The standard InChI is InChI=1S/C20H22N2O4.ClH/c1-25-20(24)15-7-8-18(26-13-14-5-3-2-4-6-14)17(11-15)22-19(23)16-9-10-21-12-16;/h2-8,11,16,21H,9-10,12-13H2,1H3,(H,22,23);1H. The number of methoxy groups -OCH3 is 1. The molecule has 1 amide bonds. The third kappa shape index (κ3) is 5.45. The van der Waals surface area contributed by atoms with Crippen LogP contribution in [0, 0.1) is 5.92 Å². The summed E-state index contributed by atoms with van der Waals surface area (Å²) in [6, 6.07) is 14.6. The molecule has 1 heterocycles. The van der Waals surface area contributed by atoms with Crippen LogP contribution < -0.4 is 15.4 Å². The van der Waals surface area contributed by atoms with Crippen molar-refractivity contribution >= 4 is 30.0 Å². The van der Waals surface area contributed by atoms with Crippen LogP contribution in [0.15, 0.2) is 48.5 Å². The topological polar surface area (TPSA) is 76.7 Å². The van der Waals surface area contributed by atoms with Crippen LogP contribution in [0.4, 0.5) is 5.69 Å². The number of rotatable bonds is 6. The predicted octanol–water partition coefficient (Wildman–Crippen LogP) is 3.02. The highest BCUT2D eigenvalue weighted by Gasteiger charge is 2.23. The number of hydrogen-bond donors (Lipinski definition) is 2. The molecule has 1 aliphatic heterocycles. The van der Waals surface area contributed by atoms with Gasteiger partial charge in [-0.1, -0.05) is 30.3 Å². The number of esters is 1. The van der Waals surface area contributed by atoms with Crippen molar-refractivity contribution in [2.45, 2.75) is 13.0 Å². The number of hydrogen-bond acceptors (Lipinski definition) is 5. The second-order valence-electron chi connectivity index (χ2n) is 6.16. The quantitative estimate of drug-likeness (QED) is 0.741. The fourth-order valence-corrected chi connectivity index (χ4v) is 2.85. The van der Waals surface area contributed by atoms with E-state index < -0.39 is 5.97 Å². The van der Waals surface area contributed by atoms with Crippen LogP contribution in [0.2, 0.25) is 0 Å². The van der Waals surface area contributed by atoms with Crippen molar-refractivity contribution in [2.24, 2.45) is 5.92 Å². The van der Waals surface area contributed by atoms with E-state index in [9.17, 15) is 9.59 Å². The number of carbonyl (C=O) groups is 2. The molecule has 0 aliphatic carbocycles. The highest BCUT2D eigenvalue weighted by Crippen LogP contribution is 2.28. The minimum atomic E-state index is -0.461. The summed E-state index contributed by atoms with van der Waals surface area (Å²) in [6.07, 6.45) is 0.794. The summed E-state index contributed by atoms with van der Waals surface area (Å²) in [4.78, 5) is 24.3. The molecule has 0 aromatic heterocycles. The molecule has 1 atom stereocenters. The summed E-state index contributed by atoms with van der Waals surface area (Å²) < 4.78 is 10.6. The average Bonchev–Trinajstić information content (AvgIpc) is 3.22. The van der Waals surface area contributed by atoms with Crippen LogP contribution >= 0.6 is 12.4 Å². The highest BCUT2D eigenvalue weighted by molar-refractivity contribution is 5.97. The maximum absolute atomic E-state index is 12.5. The Bertz CT molecular complexity index is 777. The van der Waals surface area contributed by atoms with Gasteiger partial charge in [0.2, 0.25) is 5.91 Å². The molecule has 0 radical (unpaired) electrons. The van der Waals surface area contributed by atoms with Crippen molar-refractivity contribution in [3.05, 3.63) is 59.7 Å². The zero-order valence-electron chi connectivity index (χ0n) is 15.1. The summed E-state index contributed by atoms with van der Waals surface area (Å²) in [5, 5.41) is 6.07. The van der Waals surface area contributed by atoms with Crippen molar-refractivity contribution < 1.29 is 19.1 Å². The molecule has 1 fully saturated rings. The highest BCUT2D eigenvalue weighted by atomic mass is 35.5. The Kier molecular flexibility index (Phi) is 7.64. The van der Waals surface area contributed by atoms with Gasteiger partial charge < -0.3 is 20.1 Å². The summed E-state index contributed by atoms with van der Waals surface area (Å²) in [5.41, 5.74) is 1.85. The maximum atomic E-state index is 12.5. The largest absolute Gasteiger partial charge is 0.487 e. The van der Waals surface area contributed by atoms with Crippen LogP contribution in [0.1, 0.15) is 22.3 Å². The van der Waals surface area contributed by atoms with Gasteiger partial charge in [0.25, 0.3) is 0 Å². The van der Waals surface area contributed by atoms with Crippen LogP contribution in [-0.2, 0) is 16.1 Å². The van der Waals surface area contributed by atoms with Gasteiger partial charge in [0.15, 0.2) is 0 Å². The predicted molar refractivity (Wildman–Crippen MR) is 105 cm³/mol. The van der Waals surface area contributed by atoms with Crippen molar-refractivity contribution in [1.82, 2.24) is 5.32 Å². The monoisotopic (exact) mass is 390 g/mol. The molecule has 1 aliphatic rings. The number of ether oxygens (including phenoxy) is 2. The zero-order valence-corrected chi connectivity index (χ0v) is 15.9. The van der Waals surface area contributed by atoms with E-state index in [4.69, 9.17) is 9.47 Å². The van der Waals surface area contributed by atoms with Gasteiger partial charge in [-0.05, 0) is 36.7 Å². The molecule has 0 spiro atoms. The van der Waals surface area contributed by atoms with E-state index in [-0.39, 0.29) is 24.2 Å². The summed E-state index contributed by atoms with van der Waals surface area (Å²) >= 11 is 0. The molecule has 2 aromatic carbocycles. The number of nitrogens with one attached hydrogen (secondary N) is 2. The first-order valence-electron chi connectivity index (χ1n) is 8.58. The number of anilines is 1. The number of benzene rings is 2. The van der Waals surface area contributed by atoms with E-state index in [1.165, 1.54) is 7.11 Å². The second kappa shape index (κ2) is 9.94. The molecule has 1 saturated heterocycles. The van der Waals surface area contributed by atoms with E-state index in [1.807, 2.05) is 30.3 Å². The van der Waals surface area contributed by atoms with Crippen LogP contribution in [-0.4, -0.2) is 32.1 Å². The molecular weight excluding hydrogens is 368 g/mol. The van der Waals surface area contributed by atoms with Gasteiger partial charge in [0.05, 0.1) is 24.3 Å². The number of halogens is 1. The van der Waals surface area contributed by atoms with E-state index in [0.29, 0.717) is 30.2 Å². The van der Waals surface area contributed by atoms with Gasteiger partial charge in [0.1, 0.15) is 12.4 Å². The third-order valence-corrected chi connectivity index (χ3v) is 4.33. The van der Waals surface area contributed by atoms with Gasteiger partial charge in [-0.3, -0.25) is 4.79 Å². The van der Waals surface area contributed by atoms with Gasteiger partial charge in [-0.2, -0.15) is 0 Å². The smallest absolute Gasteiger partial charge is 0.337 e. The summed E-state index contributed by atoms with van der Waals surface area (Å²) in [6.45, 7) is 1.85. The normalized spacial score (nSPS) is 15.5. The number of carbonyl (C=O) groups excluding carboxylic acids is 2. The van der Waals surface area contributed by atoms with Crippen molar-refractivity contribution in [3.63, 3.8) is 0 Å². The Labute approximate surface area is 164 Å². The van der Waals surface area contributed by atoms with Gasteiger partial charge in [-0.15, -0.1) is 12.4 Å². The first-order valence-corrected chi connectivity index (χ1v) is 8.58. The molecule has 7 heteroatoms. The molecule has 27 heavy (non-hydrogen) atoms. The lowest BCUT2D eigenvalue weighted by molar-refractivity contribution is -0.119. The molecule has 3 rings (SSSR count). The lowest BCUT2D eigenvalue weighted by Crippen LogP contribution is -2.25. The minimum Gasteiger partial charge on any atom is -0.487 e. The first kappa shape index (κ1) is 20.7. The first-order chi connectivity index (χ1) is 12.7. The Morgan fingerprint density at radius 3 is 2.63 bits per heavy atom. The Hall–Kier alpha value is -2.57. The van der Waals surface area contributed by atoms with Gasteiger partial charge in [0, 0.05) is 6.54 Å². The van der Waals surface area contributed by atoms with Gasteiger partial charge >= 0.3 is 5.97 Å². The fraction of sp³-hybridized carbons (Fsp3) is 0.300. The average molecular weight is 391 g/mol. The van der Waals surface area contributed by atoms with E-state index >= 15 is 0 Å². The van der Waals surface area contributed by atoms with Crippen LogP contribution in [0.25, 0.3) is 0 Å². The molecule has 2 aromatic rings.